The van der Waals surface area contributed by atoms with Crippen LogP contribution in [0.15, 0.2) is 0 Å². The first kappa shape index (κ1) is 84.1. The van der Waals surface area contributed by atoms with Gasteiger partial charge in [0.05, 0.1) is 26.4 Å². The molecule has 0 aliphatic carbocycles. The van der Waals surface area contributed by atoms with Gasteiger partial charge in [0, 0.05) is 25.7 Å². The number of carbonyl (C=O) groups is 4. The number of esters is 4. The molecule has 0 rings (SSSR count). The fraction of sp³-hybridized carbons (Fsp3) is 0.940. The summed E-state index contributed by atoms with van der Waals surface area (Å²) in [7, 11) is -9.89. The van der Waals surface area contributed by atoms with E-state index in [1.807, 2.05) is 0 Å². The Morgan fingerprint density at radius 1 is 0.326 bits per heavy atom. The second-order valence-electron chi connectivity index (χ2n) is 24.7. The molecule has 0 aliphatic rings. The van der Waals surface area contributed by atoms with Crippen molar-refractivity contribution in [3.05, 3.63) is 0 Å². The van der Waals surface area contributed by atoms with Gasteiger partial charge in [-0.15, -0.1) is 0 Å². The molecule has 0 aliphatic heterocycles. The van der Waals surface area contributed by atoms with Crippen molar-refractivity contribution in [2.75, 3.05) is 39.6 Å². The van der Waals surface area contributed by atoms with Gasteiger partial charge in [0.1, 0.15) is 19.3 Å². The molecule has 0 aromatic heterocycles. The maximum atomic E-state index is 13.0. The third-order valence-electron chi connectivity index (χ3n) is 16.2. The van der Waals surface area contributed by atoms with Crippen LogP contribution in [0.4, 0.5) is 0 Å². The normalized spacial score (nSPS) is 14.8. The van der Waals surface area contributed by atoms with Crippen molar-refractivity contribution < 1.29 is 80.2 Å². The first-order chi connectivity index (χ1) is 41.4. The van der Waals surface area contributed by atoms with Gasteiger partial charge in [-0.2, -0.15) is 0 Å². The van der Waals surface area contributed by atoms with Crippen LogP contribution in [0, 0.1) is 11.8 Å². The van der Waals surface area contributed by atoms with Crippen LogP contribution < -0.4 is 0 Å². The smallest absolute Gasteiger partial charge is 0.462 e. The molecule has 0 saturated carbocycles. The zero-order chi connectivity index (χ0) is 63.6. The van der Waals surface area contributed by atoms with Crippen LogP contribution in [0.3, 0.4) is 0 Å². The van der Waals surface area contributed by atoms with Gasteiger partial charge in [0.2, 0.25) is 0 Å². The molecule has 19 heteroatoms. The molecule has 0 aromatic carbocycles. The lowest BCUT2D eigenvalue weighted by Gasteiger charge is -2.21. The van der Waals surface area contributed by atoms with Crippen LogP contribution in [-0.4, -0.2) is 96.7 Å². The highest BCUT2D eigenvalue weighted by atomic mass is 31.2. The summed E-state index contributed by atoms with van der Waals surface area (Å²) in [6.45, 7) is 9.41. The minimum absolute atomic E-state index is 0.103. The van der Waals surface area contributed by atoms with Crippen molar-refractivity contribution in [1.29, 1.82) is 0 Å². The first-order valence-corrected chi connectivity index (χ1v) is 38.1. The van der Waals surface area contributed by atoms with Gasteiger partial charge in [-0.05, 0) is 37.5 Å². The topological polar surface area (TPSA) is 237 Å². The van der Waals surface area contributed by atoms with E-state index in [0.29, 0.717) is 25.7 Å². The molecule has 0 fully saturated rings. The monoisotopic (exact) mass is 1270 g/mol. The predicted octanol–water partition coefficient (Wildman–Crippen LogP) is 18.8. The number of ether oxygens (including phenoxy) is 4. The van der Waals surface area contributed by atoms with Gasteiger partial charge in [-0.25, -0.2) is 9.13 Å². The van der Waals surface area contributed by atoms with Crippen LogP contribution >= 0.6 is 15.6 Å². The molecule has 0 amide bonds. The zero-order valence-electron chi connectivity index (χ0n) is 55.6. The fourth-order valence-corrected chi connectivity index (χ4v) is 11.6. The van der Waals surface area contributed by atoms with E-state index in [4.69, 9.17) is 37.0 Å². The molecule has 86 heavy (non-hydrogen) atoms. The third kappa shape index (κ3) is 58.4. The van der Waals surface area contributed by atoms with Crippen LogP contribution in [0.1, 0.15) is 337 Å². The zero-order valence-corrected chi connectivity index (χ0v) is 57.4. The van der Waals surface area contributed by atoms with E-state index in [-0.39, 0.29) is 25.7 Å². The Morgan fingerprint density at radius 3 is 0.826 bits per heavy atom. The lowest BCUT2D eigenvalue weighted by atomic mass is 10.00. The van der Waals surface area contributed by atoms with Gasteiger partial charge in [0.25, 0.3) is 0 Å². The molecule has 17 nitrogen and oxygen atoms in total. The molecule has 0 radical (unpaired) electrons. The van der Waals surface area contributed by atoms with E-state index >= 15 is 0 Å². The minimum Gasteiger partial charge on any atom is -0.462 e. The quantitative estimate of drug-likeness (QED) is 0.0222. The average molecular weight is 1270 g/mol. The molecular weight excluding hydrogens is 1140 g/mol. The second kappa shape index (κ2) is 59.4. The van der Waals surface area contributed by atoms with E-state index in [1.54, 1.807) is 0 Å². The lowest BCUT2D eigenvalue weighted by molar-refractivity contribution is -0.161. The van der Waals surface area contributed by atoms with Gasteiger partial charge in [0.15, 0.2) is 12.2 Å². The van der Waals surface area contributed by atoms with E-state index < -0.39 is 97.5 Å². The Morgan fingerprint density at radius 2 is 0.558 bits per heavy atom. The molecule has 0 aromatic rings. The molecule has 0 heterocycles. The van der Waals surface area contributed by atoms with Crippen molar-refractivity contribution in [2.45, 2.75) is 355 Å². The van der Waals surface area contributed by atoms with Crippen molar-refractivity contribution >= 4 is 39.5 Å². The SMILES string of the molecule is CCCCCCCCCCCCCCCCCCCCC(=O)O[C@H](COC(=O)CCCCCCCCC(C)CC)COP(=O)(O)OC[C@@H](O)COP(=O)(O)OC[C@@H](COC(=O)CCCCCCCCCC)OC(=O)CCCCCCCCC(C)CC. The lowest BCUT2D eigenvalue weighted by Crippen LogP contribution is -2.30. The minimum atomic E-state index is -4.95. The van der Waals surface area contributed by atoms with Gasteiger partial charge < -0.3 is 33.8 Å². The summed E-state index contributed by atoms with van der Waals surface area (Å²) in [4.78, 5) is 72.3. The highest BCUT2D eigenvalue weighted by molar-refractivity contribution is 7.47. The van der Waals surface area contributed by atoms with Crippen LogP contribution in [0.5, 0.6) is 0 Å². The highest BCUT2D eigenvalue weighted by Crippen LogP contribution is 2.45. The Hall–Kier alpha value is -1.94. The number of rotatable bonds is 66. The molecule has 0 spiro atoms. The van der Waals surface area contributed by atoms with Gasteiger partial charge in [-0.3, -0.25) is 37.3 Å². The summed E-state index contributed by atoms with van der Waals surface area (Å²) in [5.74, 6) is -0.684. The van der Waals surface area contributed by atoms with Crippen molar-refractivity contribution in [3.8, 4) is 0 Å². The molecule has 4 unspecified atom stereocenters. The average Bonchev–Trinajstić information content (AvgIpc) is 3.70. The summed E-state index contributed by atoms with van der Waals surface area (Å²) in [6.07, 6.45) is 43.3. The van der Waals surface area contributed by atoms with E-state index in [1.165, 1.54) is 141 Å². The molecule has 0 bridgehead atoms. The highest BCUT2D eigenvalue weighted by Gasteiger charge is 2.30. The predicted molar refractivity (Wildman–Crippen MR) is 345 cm³/mol. The summed E-state index contributed by atoms with van der Waals surface area (Å²) in [6, 6.07) is 0. The van der Waals surface area contributed by atoms with Crippen molar-refractivity contribution in [3.63, 3.8) is 0 Å². The van der Waals surface area contributed by atoms with E-state index in [0.717, 1.165) is 115 Å². The molecule has 7 atom stereocenters. The van der Waals surface area contributed by atoms with E-state index in [2.05, 4.69) is 41.5 Å². The second-order valence-corrected chi connectivity index (χ2v) is 27.6. The number of hydrogen-bond donors (Lipinski definition) is 3. The number of phosphoric acid groups is 2. The standard InChI is InChI=1S/C67H130O17P2/c1-7-11-13-15-17-19-20-21-22-23-24-25-26-27-28-30-39-45-51-66(71)83-62(56-78-65(70)50-44-38-33-31-35-41-47-59(5)9-3)57-81-85(73,74)79-53-61(68)54-80-86(75,76)82-58-63(55-77-64(69)49-43-37-29-18-16-14-12-8-2)84-67(72)52-46-40-34-32-36-42-48-60(6)10-4/h59-63,68H,7-58H2,1-6H3,(H,73,74)(H,75,76)/t59?,60?,61-,62-,63-/m1/s1. The number of hydrogen-bond acceptors (Lipinski definition) is 15. The molecular formula is C67H130O17P2. The van der Waals surface area contributed by atoms with Crippen LogP contribution in [0.2, 0.25) is 0 Å². The number of carbonyl (C=O) groups excluding carboxylic acids is 4. The molecule has 0 saturated heterocycles. The summed E-state index contributed by atoms with van der Waals surface area (Å²) in [5.41, 5.74) is 0. The summed E-state index contributed by atoms with van der Waals surface area (Å²) in [5, 5.41) is 10.5. The maximum absolute atomic E-state index is 13.0. The fourth-order valence-electron chi connectivity index (χ4n) is 10.00. The van der Waals surface area contributed by atoms with Crippen LogP contribution in [-0.2, 0) is 65.4 Å². The number of phosphoric ester groups is 2. The Kier molecular flexibility index (Phi) is 58.0. The Balaban J connectivity index is 5.19. The number of aliphatic hydroxyl groups is 1. The van der Waals surface area contributed by atoms with Crippen LogP contribution in [0.25, 0.3) is 0 Å². The first-order valence-electron chi connectivity index (χ1n) is 35.1. The van der Waals surface area contributed by atoms with Crippen molar-refractivity contribution in [1.82, 2.24) is 0 Å². The van der Waals surface area contributed by atoms with E-state index in [9.17, 15) is 43.2 Å². The summed E-state index contributed by atoms with van der Waals surface area (Å²) >= 11 is 0. The molecule has 3 N–H and O–H groups in total. The summed E-state index contributed by atoms with van der Waals surface area (Å²) < 4.78 is 68.0. The Labute approximate surface area is 524 Å². The molecule has 510 valence electrons. The number of unbranched alkanes of at least 4 members (excludes halogenated alkanes) is 34. The largest absolute Gasteiger partial charge is 0.472 e. The van der Waals surface area contributed by atoms with Crippen molar-refractivity contribution in [2.24, 2.45) is 11.8 Å². The maximum Gasteiger partial charge on any atom is 0.472 e. The van der Waals surface area contributed by atoms with Gasteiger partial charge in [-0.1, -0.05) is 286 Å². The van der Waals surface area contributed by atoms with Gasteiger partial charge >= 0.3 is 39.5 Å². The third-order valence-corrected chi connectivity index (χ3v) is 18.1. The Bertz CT molecular complexity index is 1690. The number of aliphatic hydroxyl groups excluding tert-OH is 1.